The highest BCUT2D eigenvalue weighted by atomic mass is 16.1. The number of rotatable bonds is 4. The molecule has 3 N–H and O–H groups in total. The summed E-state index contributed by atoms with van der Waals surface area (Å²) in [6, 6.07) is 7.45. The van der Waals surface area contributed by atoms with Crippen LogP contribution in [0.3, 0.4) is 0 Å². The van der Waals surface area contributed by atoms with Crippen LogP contribution in [-0.2, 0) is 4.79 Å². The van der Waals surface area contributed by atoms with Crippen LogP contribution in [0.15, 0.2) is 30.3 Å². The van der Waals surface area contributed by atoms with Gasteiger partial charge in [0, 0.05) is 17.3 Å². The zero-order chi connectivity index (χ0) is 15.4. The topological polar surface area (TPSA) is 55.1 Å². The molecule has 0 bridgehead atoms. The number of hydrogen-bond acceptors (Lipinski definition) is 2. The molecule has 1 amide bonds. The van der Waals surface area contributed by atoms with Gasteiger partial charge in [0.2, 0.25) is 5.91 Å². The monoisotopic (exact) mass is 274 g/mol. The fourth-order valence-electron chi connectivity index (χ4n) is 2.58. The van der Waals surface area contributed by atoms with E-state index in [1.807, 2.05) is 38.1 Å². The molecule has 0 radical (unpaired) electrons. The number of hydrogen-bond donors (Lipinski definition) is 2. The second-order valence-electron chi connectivity index (χ2n) is 7.11. The summed E-state index contributed by atoms with van der Waals surface area (Å²) in [6.45, 7) is 10.6. The predicted octanol–water partition coefficient (Wildman–Crippen LogP) is 3.61. The summed E-state index contributed by atoms with van der Waals surface area (Å²) in [5.74, 6) is -0.0818. The van der Waals surface area contributed by atoms with E-state index >= 15 is 0 Å². The Morgan fingerprint density at radius 3 is 2.45 bits per heavy atom. The molecule has 0 saturated carbocycles. The fraction of sp³-hybridized carbons (Fsp3) is 0.471. The molecule has 0 aliphatic rings. The molecule has 1 aromatic rings. The number of nitrogens with one attached hydrogen (secondary N) is 1. The Bertz CT molecular complexity index is 496. The van der Waals surface area contributed by atoms with Crippen LogP contribution in [0.5, 0.6) is 0 Å². The zero-order valence-corrected chi connectivity index (χ0v) is 13.2. The van der Waals surface area contributed by atoms with Crippen LogP contribution in [0, 0.1) is 5.41 Å². The summed E-state index contributed by atoms with van der Waals surface area (Å²) < 4.78 is 0. The Labute approximate surface area is 122 Å². The van der Waals surface area contributed by atoms with Crippen molar-refractivity contribution in [3.63, 3.8) is 0 Å². The summed E-state index contributed by atoms with van der Waals surface area (Å²) in [6.07, 6.45) is 4.25. The van der Waals surface area contributed by atoms with E-state index in [-0.39, 0.29) is 16.9 Å². The van der Waals surface area contributed by atoms with Crippen molar-refractivity contribution in [1.29, 1.82) is 0 Å². The largest absolute Gasteiger partial charge is 0.399 e. The van der Waals surface area contributed by atoms with Gasteiger partial charge in [-0.1, -0.05) is 32.9 Å². The van der Waals surface area contributed by atoms with Gasteiger partial charge < -0.3 is 11.1 Å². The SMILES string of the molecule is CC(C)(C)CC(C)(C)NC(=O)/C=C/c1cccc(N)c1. The first-order valence-electron chi connectivity index (χ1n) is 6.93. The van der Waals surface area contributed by atoms with Gasteiger partial charge in [-0.3, -0.25) is 4.79 Å². The maximum atomic E-state index is 12.0. The van der Waals surface area contributed by atoms with Gasteiger partial charge in [-0.2, -0.15) is 0 Å². The summed E-state index contributed by atoms with van der Waals surface area (Å²) in [4.78, 5) is 12.0. The van der Waals surface area contributed by atoms with Crippen LogP contribution in [0.1, 0.15) is 46.6 Å². The van der Waals surface area contributed by atoms with Gasteiger partial charge in [0.25, 0.3) is 0 Å². The van der Waals surface area contributed by atoms with E-state index in [1.165, 1.54) is 0 Å². The lowest BCUT2D eigenvalue weighted by Crippen LogP contribution is -2.45. The average molecular weight is 274 g/mol. The fourth-order valence-corrected chi connectivity index (χ4v) is 2.58. The lowest BCUT2D eigenvalue weighted by atomic mass is 9.82. The quantitative estimate of drug-likeness (QED) is 0.651. The van der Waals surface area contributed by atoms with Crippen molar-refractivity contribution >= 4 is 17.7 Å². The van der Waals surface area contributed by atoms with E-state index in [9.17, 15) is 4.79 Å². The molecule has 0 unspecified atom stereocenters. The Kier molecular flexibility index (Phi) is 4.98. The van der Waals surface area contributed by atoms with E-state index in [0.717, 1.165) is 12.0 Å². The van der Waals surface area contributed by atoms with Crippen LogP contribution in [0.25, 0.3) is 6.08 Å². The molecule has 0 heterocycles. The lowest BCUT2D eigenvalue weighted by molar-refractivity contribution is -0.118. The molecule has 3 heteroatoms. The Morgan fingerprint density at radius 1 is 1.25 bits per heavy atom. The molecule has 0 aliphatic carbocycles. The Morgan fingerprint density at radius 2 is 1.90 bits per heavy atom. The Balaban J connectivity index is 2.63. The maximum absolute atomic E-state index is 12.0. The van der Waals surface area contributed by atoms with Gasteiger partial charge in [-0.15, -0.1) is 0 Å². The molecule has 110 valence electrons. The van der Waals surface area contributed by atoms with Gasteiger partial charge in [0.05, 0.1) is 0 Å². The third kappa shape index (κ3) is 6.41. The summed E-state index contributed by atoms with van der Waals surface area (Å²) in [7, 11) is 0. The number of amides is 1. The first kappa shape index (κ1) is 16.3. The summed E-state index contributed by atoms with van der Waals surface area (Å²) >= 11 is 0. The van der Waals surface area contributed by atoms with Crippen molar-refractivity contribution in [1.82, 2.24) is 5.32 Å². The minimum atomic E-state index is -0.227. The molecule has 1 aromatic carbocycles. The molecule has 0 aromatic heterocycles. The highest BCUT2D eigenvalue weighted by Crippen LogP contribution is 2.26. The van der Waals surface area contributed by atoms with Crippen molar-refractivity contribution in [2.24, 2.45) is 5.41 Å². The number of benzene rings is 1. The van der Waals surface area contributed by atoms with Crippen molar-refractivity contribution < 1.29 is 4.79 Å². The van der Waals surface area contributed by atoms with Crippen LogP contribution in [0.2, 0.25) is 0 Å². The van der Waals surface area contributed by atoms with E-state index < -0.39 is 0 Å². The van der Waals surface area contributed by atoms with Gasteiger partial charge in [0.1, 0.15) is 0 Å². The normalized spacial score (nSPS) is 12.7. The molecule has 3 nitrogen and oxygen atoms in total. The molecule has 1 rings (SSSR count). The first-order valence-corrected chi connectivity index (χ1v) is 6.93. The zero-order valence-electron chi connectivity index (χ0n) is 13.2. The minimum Gasteiger partial charge on any atom is -0.399 e. The van der Waals surface area contributed by atoms with Crippen LogP contribution in [0.4, 0.5) is 5.69 Å². The smallest absolute Gasteiger partial charge is 0.244 e. The van der Waals surface area contributed by atoms with Gasteiger partial charge in [-0.25, -0.2) is 0 Å². The Hall–Kier alpha value is -1.77. The van der Waals surface area contributed by atoms with Gasteiger partial charge in [-0.05, 0) is 49.5 Å². The highest BCUT2D eigenvalue weighted by molar-refractivity contribution is 5.92. The average Bonchev–Trinajstić information content (AvgIpc) is 2.22. The molecule has 0 saturated heterocycles. The molecular formula is C17H26N2O. The lowest BCUT2D eigenvalue weighted by Gasteiger charge is -2.32. The number of carbonyl (C=O) groups excluding carboxylic acids is 1. The van der Waals surface area contributed by atoms with Gasteiger partial charge in [0.15, 0.2) is 0 Å². The van der Waals surface area contributed by atoms with Crippen LogP contribution in [-0.4, -0.2) is 11.4 Å². The molecule has 0 fully saturated rings. The second-order valence-corrected chi connectivity index (χ2v) is 7.11. The predicted molar refractivity (Wildman–Crippen MR) is 86.2 cm³/mol. The van der Waals surface area contributed by atoms with Crippen LogP contribution >= 0.6 is 0 Å². The van der Waals surface area contributed by atoms with Crippen molar-refractivity contribution in [2.75, 3.05) is 5.73 Å². The molecule has 20 heavy (non-hydrogen) atoms. The molecule has 0 spiro atoms. The number of anilines is 1. The minimum absolute atomic E-state index is 0.0818. The molecular weight excluding hydrogens is 248 g/mol. The maximum Gasteiger partial charge on any atom is 0.244 e. The number of nitrogen functional groups attached to an aromatic ring is 1. The van der Waals surface area contributed by atoms with E-state index in [2.05, 4.69) is 26.1 Å². The van der Waals surface area contributed by atoms with E-state index in [1.54, 1.807) is 12.2 Å². The van der Waals surface area contributed by atoms with E-state index in [0.29, 0.717) is 5.69 Å². The summed E-state index contributed by atoms with van der Waals surface area (Å²) in [5, 5.41) is 3.04. The first-order chi connectivity index (χ1) is 9.07. The van der Waals surface area contributed by atoms with Crippen LogP contribution < -0.4 is 11.1 Å². The standard InChI is InChI=1S/C17H26N2O/c1-16(2,3)12-17(4,5)19-15(20)10-9-13-7-6-8-14(18)11-13/h6-11H,12,18H2,1-5H3,(H,19,20)/b10-9+. The number of carbonyl (C=O) groups is 1. The van der Waals surface area contributed by atoms with E-state index in [4.69, 9.17) is 5.73 Å². The second kappa shape index (κ2) is 6.12. The van der Waals surface area contributed by atoms with Crippen molar-refractivity contribution in [2.45, 2.75) is 46.6 Å². The third-order valence-electron chi connectivity index (χ3n) is 2.77. The molecule has 0 atom stereocenters. The highest BCUT2D eigenvalue weighted by Gasteiger charge is 2.26. The third-order valence-corrected chi connectivity index (χ3v) is 2.77. The summed E-state index contributed by atoms with van der Waals surface area (Å²) in [5.41, 5.74) is 7.27. The number of nitrogens with two attached hydrogens (primary N) is 1. The van der Waals surface area contributed by atoms with Gasteiger partial charge >= 0.3 is 0 Å². The van der Waals surface area contributed by atoms with Crippen molar-refractivity contribution in [3.8, 4) is 0 Å². The molecule has 0 aliphatic heterocycles. The van der Waals surface area contributed by atoms with Crippen molar-refractivity contribution in [3.05, 3.63) is 35.9 Å².